The predicted octanol–water partition coefficient (Wildman–Crippen LogP) is 1.65. The Balaban J connectivity index is 2.21. The van der Waals surface area contributed by atoms with Gasteiger partial charge in [-0.25, -0.2) is 0 Å². The van der Waals surface area contributed by atoms with E-state index in [1.165, 1.54) is 0 Å². The third kappa shape index (κ3) is 1.72. The van der Waals surface area contributed by atoms with Crippen LogP contribution in [0.4, 0.5) is 0 Å². The first-order chi connectivity index (χ1) is 6.58. The lowest BCUT2D eigenvalue weighted by molar-refractivity contribution is -0.119. The van der Waals surface area contributed by atoms with Crippen molar-refractivity contribution in [2.45, 2.75) is 33.1 Å². The molecule has 0 spiro atoms. The van der Waals surface area contributed by atoms with Crippen molar-refractivity contribution in [3.63, 3.8) is 0 Å². The summed E-state index contributed by atoms with van der Waals surface area (Å²) in [5.41, 5.74) is 2.13. The number of allylic oxidation sites excluding steroid dienone is 2. The molecule has 2 rings (SSSR count). The molecule has 3 nitrogen and oxygen atoms in total. The molecular weight excluding hydrogens is 176 g/mol. The van der Waals surface area contributed by atoms with E-state index in [0.717, 1.165) is 30.8 Å². The molecule has 0 radical (unpaired) electrons. The summed E-state index contributed by atoms with van der Waals surface area (Å²) in [6.45, 7) is 5.12. The molecule has 1 saturated heterocycles. The lowest BCUT2D eigenvalue weighted by Gasteiger charge is -2.16. The third-order valence-corrected chi connectivity index (χ3v) is 2.82. The molecule has 2 aliphatic heterocycles. The van der Waals surface area contributed by atoms with E-state index >= 15 is 0 Å². The molecule has 1 fully saturated rings. The highest BCUT2D eigenvalue weighted by Gasteiger charge is 2.34. The summed E-state index contributed by atoms with van der Waals surface area (Å²) in [4.78, 5) is 15.6. The molecule has 14 heavy (non-hydrogen) atoms. The Kier molecular flexibility index (Phi) is 2.17. The molecule has 0 aromatic heterocycles. The lowest BCUT2D eigenvalue weighted by atomic mass is 9.88. The second kappa shape index (κ2) is 3.23. The molecule has 0 atom stereocenters. The van der Waals surface area contributed by atoms with Crippen LogP contribution in [0, 0.1) is 5.41 Å². The molecular formula is C11H16N2O. The zero-order valence-electron chi connectivity index (χ0n) is 8.76. The van der Waals surface area contributed by atoms with E-state index in [4.69, 9.17) is 0 Å². The monoisotopic (exact) mass is 192 g/mol. The molecule has 0 aromatic rings. The topological polar surface area (TPSA) is 41.5 Å². The van der Waals surface area contributed by atoms with Crippen LogP contribution in [0.5, 0.6) is 0 Å². The van der Waals surface area contributed by atoms with Gasteiger partial charge >= 0.3 is 0 Å². The Hall–Kier alpha value is -1.12. The van der Waals surface area contributed by atoms with Crippen LogP contribution in [-0.4, -0.2) is 18.2 Å². The van der Waals surface area contributed by atoms with E-state index in [0.29, 0.717) is 6.42 Å². The van der Waals surface area contributed by atoms with E-state index < -0.39 is 0 Å². The normalized spacial score (nSPS) is 28.0. The maximum Gasteiger partial charge on any atom is 0.225 e. The van der Waals surface area contributed by atoms with Gasteiger partial charge in [-0.05, 0) is 18.9 Å². The van der Waals surface area contributed by atoms with Gasteiger partial charge in [0.25, 0.3) is 0 Å². The summed E-state index contributed by atoms with van der Waals surface area (Å²) in [5.74, 6) is 0.125. The van der Waals surface area contributed by atoms with Crippen LogP contribution in [0.2, 0.25) is 0 Å². The summed E-state index contributed by atoms with van der Waals surface area (Å²) < 4.78 is 0. The molecule has 3 heteroatoms. The molecule has 0 aromatic carbocycles. The van der Waals surface area contributed by atoms with Crippen LogP contribution >= 0.6 is 0 Å². The Morgan fingerprint density at radius 1 is 1.50 bits per heavy atom. The molecule has 1 amide bonds. The molecule has 0 saturated carbocycles. The molecule has 0 unspecified atom stereocenters. The van der Waals surface area contributed by atoms with Crippen molar-refractivity contribution in [2.75, 3.05) is 6.54 Å². The van der Waals surface area contributed by atoms with Crippen LogP contribution in [0.3, 0.4) is 0 Å². The summed E-state index contributed by atoms with van der Waals surface area (Å²) in [6, 6.07) is 0. The maximum atomic E-state index is 11.3. The first kappa shape index (κ1) is 9.44. The fraction of sp³-hybridized carbons (Fsp3) is 0.636. The number of aliphatic imine (C=N–C) groups is 1. The number of amides is 1. The molecule has 0 bridgehead atoms. The zero-order chi connectivity index (χ0) is 10.2. The summed E-state index contributed by atoms with van der Waals surface area (Å²) in [5, 5.41) is 2.91. The standard InChI is InChI=1S/C11H16N2O/c1-11(2)7-10(14)13-9(11)6-8-4-3-5-12-8/h6H,3-5,7H2,1-2H3,(H,13,14)/b9-6+. The molecule has 1 N–H and O–H groups in total. The minimum absolute atomic E-state index is 0.0395. The molecule has 2 heterocycles. The van der Waals surface area contributed by atoms with E-state index in [9.17, 15) is 4.79 Å². The molecule has 76 valence electrons. The Morgan fingerprint density at radius 3 is 2.79 bits per heavy atom. The first-order valence-corrected chi connectivity index (χ1v) is 5.13. The van der Waals surface area contributed by atoms with E-state index in [-0.39, 0.29) is 11.3 Å². The van der Waals surface area contributed by atoms with Gasteiger partial charge in [0.1, 0.15) is 0 Å². The summed E-state index contributed by atoms with van der Waals surface area (Å²) in [7, 11) is 0. The van der Waals surface area contributed by atoms with E-state index in [1.807, 2.05) is 0 Å². The van der Waals surface area contributed by atoms with Gasteiger partial charge in [-0.1, -0.05) is 13.8 Å². The number of hydrogen-bond acceptors (Lipinski definition) is 2. The molecule has 0 aliphatic carbocycles. The Labute approximate surface area is 84.3 Å². The van der Waals surface area contributed by atoms with Crippen molar-refractivity contribution in [1.82, 2.24) is 5.32 Å². The number of hydrogen-bond donors (Lipinski definition) is 1. The molecule has 2 aliphatic rings. The van der Waals surface area contributed by atoms with Crippen molar-refractivity contribution in [3.05, 3.63) is 11.8 Å². The summed E-state index contributed by atoms with van der Waals surface area (Å²) in [6.07, 6.45) is 4.84. The van der Waals surface area contributed by atoms with Gasteiger partial charge in [-0.3, -0.25) is 9.79 Å². The van der Waals surface area contributed by atoms with Crippen molar-refractivity contribution >= 4 is 11.6 Å². The van der Waals surface area contributed by atoms with Gasteiger partial charge in [0.15, 0.2) is 0 Å². The minimum Gasteiger partial charge on any atom is -0.329 e. The van der Waals surface area contributed by atoms with Gasteiger partial charge in [-0.15, -0.1) is 0 Å². The third-order valence-electron chi connectivity index (χ3n) is 2.82. The van der Waals surface area contributed by atoms with E-state index in [2.05, 4.69) is 30.2 Å². The van der Waals surface area contributed by atoms with Crippen LogP contribution in [0.15, 0.2) is 16.8 Å². The second-order valence-electron chi connectivity index (χ2n) is 4.64. The Bertz CT molecular complexity index is 326. The van der Waals surface area contributed by atoms with E-state index in [1.54, 1.807) is 0 Å². The SMILES string of the molecule is CC1(C)CC(=O)N/C1=C/C1=NCCC1. The number of carbonyl (C=O) groups is 1. The van der Waals surface area contributed by atoms with Gasteiger partial charge < -0.3 is 5.32 Å². The van der Waals surface area contributed by atoms with Crippen molar-refractivity contribution < 1.29 is 4.79 Å². The van der Waals surface area contributed by atoms with Crippen LogP contribution in [0.25, 0.3) is 0 Å². The minimum atomic E-state index is -0.0395. The van der Waals surface area contributed by atoms with Crippen molar-refractivity contribution in [1.29, 1.82) is 0 Å². The van der Waals surface area contributed by atoms with Gasteiger partial charge in [0.05, 0.1) is 0 Å². The highest BCUT2D eigenvalue weighted by atomic mass is 16.1. The highest BCUT2D eigenvalue weighted by Crippen LogP contribution is 2.33. The lowest BCUT2D eigenvalue weighted by Crippen LogP contribution is -2.16. The Morgan fingerprint density at radius 2 is 2.29 bits per heavy atom. The fourth-order valence-electron chi connectivity index (χ4n) is 1.94. The number of nitrogens with one attached hydrogen (secondary N) is 1. The maximum absolute atomic E-state index is 11.3. The quantitative estimate of drug-likeness (QED) is 0.674. The largest absolute Gasteiger partial charge is 0.329 e. The fourth-order valence-corrected chi connectivity index (χ4v) is 1.94. The van der Waals surface area contributed by atoms with Gasteiger partial charge in [-0.2, -0.15) is 0 Å². The first-order valence-electron chi connectivity index (χ1n) is 5.13. The second-order valence-corrected chi connectivity index (χ2v) is 4.64. The predicted molar refractivity (Wildman–Crippen MR) is 56.2 cm³/mol. The number of nitrogens with zero attached hydrogens (tertiary/aromatic N) is 1. The van der Waals surface area contributed by atoms with Crippen LogP contribution < -0.4 is 5.32 Å². The van der Waals surface area contributed by atoms with Gasteiger partial charge in [0, 0.05) is 29.8 Å². The van der Waals surface area contributed by atoms with Gasteiger partial charge in [0.2, 0.25) is 5.91 Å². The zero-order valence-corrected chi connectivity index (χ0v) is 8.76. The average Bonchev–Trinajstić information content (AvgIpc) is 2.61. The average molecular weight is 192 g/mol. The van der Waals surface area contributed by atoms with Crippen LogP contribution in [-0.2, 0) is 4.79 Å². The van der Waals surface area contributed by atoms with Crippen molar-refractivity contribution in [3.8, 4) is 0 Å². The van der Waals surface area contributed by atoms with Crippen molar-refractivity contribution in [2.24, 2.45) is 10.4 Å². The summed E-state index contributed by atoms with van der Waals surface area (Å²) >= 11 is 0. The number of rotatable bonds is 1. The smallest absolute Gasteiger partial charge is 0.225 e. The van der Waals surface area contributed by atoms with Crippen LogP contribution in [0.1, 0.15) is 33.1 Å². The number of carbonyl (C=O) groups excluding carboxylic acids is 1. The highest BCUT2D eigenvalue weighted by molar-refractivity contribution is 5.98.